The lowest BCUT2D eigenvalue weighted by atomic mass is 9.67. The molecule has 0 saturated heterocycles. The molecular weight excluding hydrogens is 603 g/mol. The topological polar surface area (TPSA) is 3.24 Å². The van der Waals surface area contributed by atoms with E-state index in [2.05, 4.69) is 217 Å². The normalized spacial score (nSPS) is 12.6. The fourth-order valence-electron chi connectivity index (χ4n) is 7.99. The van der Waals surface area contributed by atoms with Gasteiger partial charge in [-0.15, -0.1) is 0 Å². The summed E-state index contributed by atoms with van der Waals surface area (Å²) in [5.41, 5.74) is 15.4. The average molecular weight is 638 g/mol. The Bertz CT molecular complexity index is 2360. The number of anilines is 3. The van der Waals surface area contributed by atoms with Gasteiger partial charge in [0.2, 0.25) is 0 Å². The molecule has 0 N–H and O–H groups in total. The molecule has 0 unspecified atom stereocenters. The van der Waals surface area contributed by atoms with E-state index in [1.807, 2.05) is 0 Å². The smallest absolute Gasteiger partial charge is 0.0714 e. The molecule has 1 aliphatic carbocycles. The van der Waals surface area contributed by atoms with Gasteiger partial charge in [-0.25, -0.2) is 0 Å². The van der Waals surface area contributed by atoms with Crippen molar-refractivity contribution < 1.29 is 0 Å². The fourth-order valence-corrected chi connectivity index (χ4v) is 7.99. The largest absolute Gasteiger partial charge is 0.310 e. The Kier molecular flexibility index (Phi) is 7.44. The van der Waals surface area contributed by atoms with Gasteiger partial charge in [-0.2, -0.15) is 0 Å². The van der Waals surface area contributed by atoms with Crippen LogP contribution in [0.4, 0.5) is 17.1 Å². The Morgan fingerprint density at radius 1 is 0.280 bits per heavy atom. The summed E-state index contributed by atoms with van der Waals surface area (Å²) in [6.07, 6.45) is 0. The van der Waals surface area contributed by atoms with Crippen LogP contribution in [0.5, 0.6) is 0 Å². The first kappa shape index (κ1) is 29.7. The van der Waals surface area contributed by atoms with Crippen molar-refractivity contribution in [2.45, 2.75) is 5.41 Å². The quantitative estimate of drug-likeness (QED) is 0.168. The zero-order valence-electron chi connectivity index (χ0n) is 27.7. The van der Waals surface area contributed by atoms with Crippen molar-refractivity contribution in [2.75, 3.05) is 4.90 Å². The molecular formula is C49H35N. The summed E-state index contributed by atoms with van der Waals surface area (Å²) in [6.45, 7) is 0. The fraction of sp³-hybridized carbons (Fsp3) is 0.0204. The first-order valence-electron chi connectivity index (χ1n) is 17.3. The van der Waals surface area contributed by atoms with Crippen molar-refractivity contribution in [3.63, 3.8) is 0 Å². The molecule has 0 spiro atoms. The Hall–Kier alpha value is -6.44. The molecule has 236 valence electrons. The van der Waals surface area contributed by atoms with Crippen molar-refractivity contribution in [1.29, 1.82) is 0 Å². The zero-order valence-corrected chi connectivity index (χ0v) is 27.7. The molecule has 0 saturated carbocycles. The number of hydrogen-bond acceptors (Lipinski definition) is 1. The van der Waals surface area contributed by atoms with E-state index in [-0.39, 0.29) is 0 Å². The van der Waals surface area contributed by atoms with Crippen LogP contribution in [0, 0.1) is 0 Å². The Labute approximate surface area is 294 Å². The van der Waals surface area contributed by atoms with E-state index in [1.54, 1.807) is 0 Å². The highest BCUT2D eigenvalue weighted by Crippen LogP contribution is 2.57. The molecule has 0 aliphatic heterocycles. The van der Waals surface area contributed by atoms with Gasteiger partial charge in [0.05, 0.1) is 5.41 Å². The van der Waals surface area contributed by atoms with Gasteiger partial charge in [-0.1, -0.05) is 176 Å². The van der Waals surface area contributed by atoms with E-state index in [0.29, 0.717) is 0 Å². The summed E-state index contributed by atoms with van der Waals surface area (Å²) in [6, 6.07) is 77.2. The van der Waals surface area contributed by atoms with Gasteiger partial charge in [0.25, 0.3) is 0 Å². The van der Waals surface area contributed by atoms with Gasteiger partial charge in [-0.3, -0.25) is 0 Å². The SMILES string of the molecule is c1ccc(-c2ccc(N(c3ccccc3)c3ccc4c(c3)C(c3ccccc3)(c3ccccc3)c3ccccc3-4)cc2-c2ccccc2)cc1. The summed E-state index contributed by atoms with van der Waals surface area (Å²) in [4.78, 5) is 2.41. The predicted octanol–water partition coefficient (Wildman–Crippen LogP) is 12.9. The first-order valence-corrected chi connectivity index (χ1v) is 17.3. The summed E-state index contributed by atoms with van der Waals surface area (Å²) in [5, 5.41) is 0. The third-order valence-corrected chi connectivity index (χ3v) is 10.1. The molecule has 8 aromatic carbocycles. The molecule has 0 atom stereocenters. The van der Waals surface area contributed by atoms with Crippen molar-refractivity contribution in [3.8, 4) is 33.4 Å². The molecule has 8 aromatic rings. The lowest BCUT2D eigenvalue weighted by Crippen LogP contribution is -2.28. The van der Waals surface area contributed by atoms with Crippen LogP contribution >= 0.6 is 0 Å². The molecule has 1 aliphatic rings. The number of fused-ring (bicyclic) bond motifs is 3. The lowest BCUT2D eigenvalue weighted by molar-refractivity contribution is 0.768. The first-order chi connectivity index (χ1) is 24.8. The Balaban J connectivity index is 1.30. The molecule has 0 aromatic heterocycles. The van der Waals surface area contributed by atoms with Gasteiger partial charge in [0, 0.05) is 17.1 Å². The summed E-state index contributed by atoms with van der Waals surface area (Å²) in [7, 11) is 0. The van der Waals surface area contributed by atoms with Crippen molar-refractivity contribution >= 4 is 17.1 Å². The molecule has 0 fully saturated rings. The van der Waals surface area contributed by atoms with Gasteiger partial charge in [-0.05, 0) is 92.0 Å². The minimum Gasteiger partial charge on any atom is -0.310 e. The van der Waals surface area contributed by atoms with Crippen LogP contribution < -0.4 is 4.90 Å². The van der Waals surface area contributed by atoms with Crippen molar-refractivity contribution in [2.24, 2.45) is 0 Å². The van der Waals surface area contributed by atoms with Gasteiger partial charge in [0.15, 0.2) is 0 Å². The van der Waals surface area contributed by atoms with E-state index in [4.69, 9.17) is 0 Å². The summed E-state index contributed by atoms with van der Waals surface area (Å²) >= 11 is 0. The highest BCUT2D eigenvalue weighted by molar-refractivity contribution is 5.92. The highest BCUT2D eigenvalue weighted by atomic mass is 15.1. The van der Waals surface area contributed by atoms with Crippen LogP contribution in [-0.4, -0.2) is 0 Å². The number of hydrogen-bond donors (Lipinski definition) is 0. The summed E-state index contributed by atoms with van der Waals surface area (Å²) < 4.78 is 0. The zero-order chi connectivity index (χ0) is 33.3. The second-order valence-corrected chi connectivity index (χ2v) is 12.9. The maximum Gasteiger partial charge on any atom is 0.0714 e. The van der Waals surface area contributed by atoms with E-state index < -0.39 is 5.41 Å². The van der Waals surface area contributed by atoms with Gasteiger partial charge >= 0.3 is 0 Å². The maximum atomic E-state index is 2.44. The van der Waals surface area contributed by atoms with Crippen LogP contribution in [0.2, 0.25) is 0 Å². The van der Waals surface area contributed by atoms with E-state index in [9.17, 15) is 0 Å². The minimum absolute atomic E-state index is 0.473. The van der Waals surface area contributed by atoms with Crippen LogP contribution in [0.1, 0.15) is 22.3 Å². The van der Waals surface area contributed by atoms with Gasteiger partial charge < -0.3 is 4.90 Å². The minimum atomic E-state index is -0.473. The van der Waals surface area contributed by atoms with Crippen molar-refractivity contribution in [3.05, 3.63) is 235 Å². The third kappa shape index (κ3) is 4.86. The summed E-state index contributed by atoms with van der Waals surface area (Å²) in [5.74, 6) is 0. The Morgan fingerprint density at radius 3 is 1.32 bits per heavy atom. The average Bonchev–Trinajstić information content (AvgIpc) is 3.50. The van der Waals surface area contributed by atoms with Gasteiger partial charge in [0.1, 0.15) is 0 Å². The van der Waals surface area contributed by atoms with Crippen LogP contribution in [0.25, 0.3) is 33.4 Å². The van der Waals surface area contributed by atoms with E-state index in [0.717, 1.165) is 17.1 Å². The maximum absolute atomic E-state index is 2.44. The van der Waals surface area contributed by atoms with Crippen LogP contribution in [-0.2, 0) is 5.41 Å². The standard InChI is InChI=1S/C49H35N/c1-6-18-36(19-7-1)43-32-30-41(34-46(43)37-20-8-2-9-21-37)50(40-26-14-5-15-27-40)42-31-33-45-44-28-16-17-29-47(44)49(48(45)35-42,38-22-10-3-11-23-38)39-24-12-4-13-25-39/h1-35H. The Morgan fingerprint density at radius 2 is 0.720 bits per heavy atom. The van der Waals surface area contributed by atoms with Crippen LogP contribution in [0.3, 0.4) is 0 Å². The second-order valence-electron chi connectivity index (χ2n) is 12.9. The molecule has 0 bridgehead atoms. The molecule has 1 nitrogen and oxygen atoms in total. The van der Waals surface area contributed by atoms with E-state index >= 15 is 0 Å². The lowest BCUT2D eigenvalue weighted by Gasteiger charge is -2.35. The molecule has 0 heterocycles. The molecule has 0 radical (unpaired) electrons. The molecule has 0 amide bonds. The van der Waals surface area contributed by atoms with Crippen LogP contribution in [0.15, 0.2) is 212 Å². The number of para-hydroxylation sites is 1. The second kappa shape index (κ2) is 12.5. The number of benzene rings is 8. The van der Waals surface area contributed by atoms with E-state index in [1.165, 1.54) is 55.6 Å². The monoisotopic (exact) mass is 637 g/mol. The predicted molar refractivity (Wildman–Crippen MR) is 209 cm³/mol. The molecule has 50 heavy (non-hydrogen) atoms. The highest BCUT2D eigenvalue weighted by Gasteiger charge is 2.46. The number of nitrogens with zero attached hydrogens (tertiary/aromatic N) is 1. The third-order valence-electron chi connectivity index (χ3n) is 10.1. The molecule has 9 rings (SSSR count). The van der Waals surface area contributed by atoms with Crippen molar-refractivity contribution in [1.82, 2.24) is 0 Å². The molecule has 1 heteroatoms. The number of rotatable bonds is 7.